The predicted octanol–water partition coefficient (Wildman–Crippen LogP) is 4.66. The van der Waals surface area contributed by atoms with E-state index in [1.165, 1.54) is 44.6 Å². The molecule has 0 radical (unpaired) electrons. The van der Waals surface area contributed by atoms with Gasteiger partial charge in [0.15, 0.2) is 5.69 Å². The highest BCUT2D eigenvalue weighted by Gasteiger charge is 2.35. The lowest BCUT2D eigenvalue weighted by atomic mass is 10.2. The molecule has 0 atom stereocenters. The lowest BCUT2D eigenvalue weighted by Gasteiger charge is -2.12. The molecule has 1 aromatic heterocycles. The molecule has 0 spiro atoms. The van der Waals surface area contributed by atoms with Crippen LogP contribution in [0.5, 0.6) is 5.75 Å². The molecule has 0 aliphatic heterocycles. The van der Waals surface area contributed by atoms with Crippen molar-refractivity contribution in [1.29, 1.82) is 0 Å². The molecule has 174 valence electrons. The molecule has 3 rings (SSSR count). The van der Waals surface area contributed by atoms with Gasteiger partial charge in [0.05, 0.1) is 32.1 Å². The molecule has 0 saturated heterocycles. The molecule has 0 aliphatic rings. The molecule has 2 aromatic carbocycles. The van der Waals surface area contributed by atoms with Crippen LogP contribution in [0.25, 0.3) is 5.69 Å². The van der Waals surface area contributed by atoms with Gasteiger partial charge in [-0.1, -0.05) is 17.7 Å². The Kier molecular flexibility index (Phi) is 7.12. The number of rotatable bonds is 6. The van der Waals surface area contributed by atoms with Crippen LogP contribution in [0.3, 0.4) is 0 Å². The van der Waals surface area contributed by atoms with Crippen molar-refractivity contribution in [1.82, 2.24) is 15.1 Å². The fourth-order valence-electron chi connectivity index (χ4n) is 2.91. The Labute approximate surface area is 191 Å². The van der Waals surface area contributed by atoms with E-state index < -0.39 is 23.9 Å². The first-order valence-electron chi connectivity index (χ1n) is 9.35. The van der Waals surface area contributed by atoms with E-state index in [1.54, 1.807) is 12.1 Å². The Morgan fingerprint density at radius 3 is 2.52 bits per heavy atom. The number of carbonyl (C=O) groups is 2. The first-order valence-corrected chi connectivity index (χ1v) is 9.73. The summed E-state index contributed by atoms with van der Waals surface area (Å²) in [5.41, 5.74) is -0.271. The molecule has 2 amide bonds. The zero-order chi connectivity index (χ0) is 24.2. The second-order valence-corrected chi connectivity index (χ2v) is 7.06. The Morgan fingerprint density at radius 2 is 1.88 bits per heavy atom. The number of benzene rings is 2. The largest absolute Gasteiger partial charge is 0.496 e. The maximum absolute atomic E-state index is 13.2. The van der Waals surface area contributed by atoms with Gasteiger partial charge in [-0.25, -0.2) is 14.3 Å². The van der Waals surface area contributed by atoms with Crippen LogP contribution in [0.1, 0.15) is 21.7 Å². The van der Waals surface area contributed by atoms with E-state index in [0.29, 0.717) is 10.7 Å². The Bertz CT molecular complexity index is 1180. The number of alkyl halides is 3. The van der Waals surface area contributed by atoms with Crippen molar-refractivity contribution < 1.29 is 32.2 Å². The minimum Gasteiger partial charge on any atom is -0.496 e. The molecule has 0 bridgehead atoms. The van der Waals surface area contributed by atoms with Gasteiger partial charge in [0.1, 0.15) is 11.3 Å². The average Bonchev–Trinajstić information content (AvgIpc) is 3.22. The van der Waals surface area contributed by atoms with Gasteiger partial charge in [-0.05, 0) is 36.4 Å². The molecule has 12 heteroatoms. The number of amides is 2. The number of hydrogen-bond donors (Lipinski definition) is 2. The summed E-state index contributed by atoms with van der Waals surface area (Å²) in [5.74, 6) is -0.439. The molecule has 0 saturated carbocycles. The number of hydrogen-bond acceptors (Lipinski definition) is 5. The van der Waals surface area contributed by atoms with Crippen LogP contribution in [0.4, 0.5) is 23.7 Å². The third kappa shape index (κ3) is 5.75. The van der Waals surface area contributed by atoms with Crippen LogP contribution in [0.15, 0.2) is 48.5 Å². The SMILES string of the molecule is COC(=O)c1ccc(NC(=O)NCc2cc(C(F)(F)F)nn2-c2cccc(Cl)c2)cc1OC. The summed E-state index contributed by atoms with van der Waals surface area (Å²) in [5, 5.41) is 8.93. The summed E-state index contributed by atoms with van der Waals surface area (Å²) in [6, 6.07) is 10.5. The van der Waals surface area contributed by atoms with Gasteiger partial charge in [0, 0.05) is 16.8 Å². The molecular formula is C21H18ClF3N4O4. The smallest absolute Gasteiger partial charge is 0.435 e. The van der Waals surface area contributed by atoms with Crippen LogP contribution >= 0.6 is 11.6 Å². The zero-order valence-corrected chi connectivity index (χ0v) is 18.1. The molecule has 2 N–H and O–H groups in total. The summed E-state index contributed by atoms with van der Waals surface area (Å²) in [7, 11) is 2.57. The maximum atomic E-state index is 13.2. The van der Waals surface area contributed by atoms with Crippen LogP contribution < -0.4 is 15.4 Å². The Hall–Kier alpha value is -3.73. The molecular weight excluding hydrogens is 465 g/mol. The lowest BCUT2D eigenvalue weighted by molar-refractivity contribution is -0.141. The topological polar surface area (TPSA) is 94.5 Å². The van der Waals surface area contributed by atoms with Crippen LogP contribution in [0.2, 0.25) is 5.02 Å². The zero-order valence-electron chi connectivity index (χ0n) is 17.4. The van der Waals surface area contributed by atoms with Crippen molar-refractivity contribution in [2.24, 2.45) is 0 Å². The molecule has 0 unspecified atom stereocenters. The number of carbonyl (C=O) groups excluding carboxylic acids is 2. The second-order valence-electron chi connectivity index (χ2n) is 6.62. The van der Waals surface area contributed by atoms with E-state index in [1.807, 2.05) is 0 Å². The van der Waals surface area contributed by atoms with E-state index in [-0.39, 0.29) is 29.2 Å². The van der Waals surface area contributed by atoms with Crippen LogP contribution in [-0.4, -0.2) is 36.0 Å². The molecule has 0 fully saturated rings. The van der Waals surface area contributed by atoms with E-state index in [4.69, 9.17) is 16.3 Å². The van der Waals surface area contributed by atoms with E-state index in [0.717, 1.165) is 10.7 Å². The predicted molar refractivity (Wildman–Crippen MR) is 114 cm³/mol. The van der Waals surface area contributed by atoms with Gasteiger partial charge in [-0.3, -0.25) is 0 Å². The van der Waals surface area contributed by atoms with Gasteiger partial charge in [-0.15, -0.1) is 0 Å². The number of esters is 1. The molecule has 8 nitrogen and oxygen atoms in total. The van der Waals surface area contributed by atoms with Gasteiger partial charge in [0.2, 0.25) is 0 Å². The van der Waals surface area contributed by atoms with Crippen molar-refractivity contribution in [3.8, 4) is 11.4 Å². The third-order valence-corrected chi connectivity index (χ3v) is 4.66. The van der Waals surface area contributed by atoms with Crippen LogP contribution in [-0.2, 0) is 17.5 Å². The van der Waals surface area contributed by atoms with E-state index >= 15 is 0 Å². The average molecular weight is 483 g/mol. The maximum Gasteiger partial charge on any atom is 0.435 e. The first kappa shape index (κ1) is 23.9. The number of nitrogens with zero attached hydrogens (tertiary/aromatic N) is 2. The highest BCUT2D eigenvalue weighted by molar-refractivity contribution is 6.30. The normalized spacial score (nSPS) is 11.1. The fourth-order valence-corrected chi connectivity index (χ4v) is 3.09. The highest BCUT2D eigenvalue weighted by Crippen LogP contribution is 2.30. The molecule has 1 heterocycles. The highest BCUT2D eigenvalue weighted by atomic mass is 35.5. The van der Waals surface area contributed by atoms with Gasteiger partial charge >= 0.3 is 18.2 Å². The number of halogens is 4. The van der Waals surface area contributed by atoms with Crippen LogP contribution in [0, 0.1) is 0 Å². The number of urea groups is 1. The number of anilines is 1. The van der Waals surface area contributed by atoms with Crippen molar-refractivity contribution in [3.63, 3.8) is 0 Å². The summed E-state index contributed by atoms with van der Waals surface area (Å²) in [4.78, 5) is 24.1. The molecule has 0 aliphatic carbocycles. The van der Waals surface area contributed by atoms with Gasteiger partial charge in [0.25, 0.3) is 0 Å². The summed E-state index contributed by atoms with van der Waals surface area (Å²) >= 11 is 5.94. The van der Waals surface area contributed by atoms with Crippen molar-refractivity contribution in [2.75, 3.05) is 19.5 Å². The number of ether oxygens (including phenoxy) is 2. The van der Waals surface area contributed by atoms with Crippen molar-refractivity contribution >= 4 is 29.3 Å². The van der Waals surface area contributed by atoms with E-state index in [9.17, 15) is 22.8 Å². The first-order chi connectivity index (χ1) is 15.6. The lowest BCUT2D eigenvalue weighted by Crippen LogP contribution is -2.29. The quantitative estimate of drug-likeness (QED) is 0.498. The second kappa shape index (κ2) is 9.82. The minimum atomic E-state index is -4.67. The molecule has 33 heavy (non-hydrogen) atoms. The van der Waals surface area contributed by atoms with Crippen molar-refractivity contribution in [3.05, 3.63) is 70.5 Å². The summed E-state index contributed by atoms with van der Waals surface area (Å²) < 4.78 is 50.4. The number of methoxy groups -OCH3 is 2. The van der Waals surface area contributed by atoms with Gasteiger partial charge < -0.3 is 20.1 Å². The Balaban J connectivity index is 1.77. The fraction of sp³-hybridized carbons (Fsp3) is 0.190. The number of nitrogens with one attached hydrogen (secondary N) is 2. The Morgan fingerprint density at radius 1 is 1.12 bits per heavy atom. The summed E-state index contributed by atoms with van der Waals surface area (Å²) in [6.45, 7) is -0.265. The monoisotopic (exact) mass is 482 g/mol. The standard InChI is InChI=1S/C21H18ClF3N4O4/c1-32-17-9-13(6-7-16(17)19(30)33-2)27-20(31)26-11-15-10-18(21(23,24)25)28-29(15)14-5-3-4-12(22)8-14/h3-10H,11H2,1-2H3,(H2,26,27,31). The molecule has 3 aromatic rings. The number of aromatic nitrogens is 2. The summed E-state index contributed by atoms with van der Waals surface area (Å²) in [6.07, 6.45) is -4.67. The van der Waals surface area contributed by atoms with Gasteiger partial charge in [-0.2, -0.15) is 18.3 Å². The van der Waals surface area contributed by atoms with E-state index in [2.05, 4.69) is 20.5 Å². The minimum absolute atomic E-state index is 0.0818. The third-order valence-electron chi connectivity index (χ3n) is 4.42. The van der Waals surface area contributed by atoms with Crippen molar-refractivity contribution in [2.45, 2.75) is 12.7 Å².